The van der Waals surface area contributed by atoms with Gasteiger partial charge in [0.1, 0.15) is 17.4 Å². The molecule has 118 valence electrons. The van der Waals surface area contributed by atoms with E-state index in [0.717, 1.165) is 21.1 Å². The normalized spacial score (nSPS) is 10.7. The highest BCUT2D eigenvalue weighted by atomic mass is 32.1. The average Bonchev–Trinajstić information content (AvgIpc) is 2.86. The highest BCUT2D eigenvalue weighted by Crippen LogP contribution is 2.28. The molecule has 1 heterocycles. The summed E-state index contributed by atoms with van der Waals surface area (Å²) >= 11 is 1.53. The molecule has 0 aliphatic rings. The fourth-order valence-corrected chi connectivity index (χ4v) is 3.02. The Morgan fingerprint density at radius 1 is 1.45 bits per heavy atom. The Morgan fingerprint density at radius 2 is 2.27 bits per heavy atom. The number of halogens is 1. The zero-order valence-corrected chi connectivity index (χ0v) is 13.5. The number of nitrogens with zero attached hydrogens (tertiary/aromatic N) is 1. The Hall–Kier alpha value is -1.79. The molecule has 0 unspecified atom stereocenters. The first-order valence-electron chi connectivity index (χ1n) is 7.17. The first-order chi connectivity index (χ1) is 10.6. The van der Waals surface area contributed by atoms with E-state index in [1.165, 1.54) is 23.5 Å². The van der Waals surface area contributed by atoms with Crippen molar-refractivity contribution in [2.45, 2.75) is 20.3 Å². The van der Waals surface area contributed by atoms with Crippen LogP contribution in [0.15, 0.2) is 24.3 Å². The van der Waals surface area contributed by atoms with Crippen LogP contribution in [-0.2, 0) is 16.0 Å². The summed E-state index contributed by atoms with van der Waals surface area (Å²) in [5.41, 5.74) is 1.70. The quantitative estimate of drug-likeness (QED) is 0.853. The van der Waals surface area contributed by atoms with Crippen LogP contribution in [0.2, 0.25) is 0 Å². The predicted octanol–water partition coefficient (Wildman–Crippen LogP) is 2.95. The minimum Gasteiger partial charge on any atom is -0.372 e. The van der Waals surface area contributed by atoms with E-state index in [-0.39, 0.29) is 18.3 Å². The van der Waals surface area contributed by atoms with E-state index in [4.69, 9.17) is 4.74 Å². The number of benzene rings is 1. The van der Waals surface area contributed by atoms with Crippen molar-refractivity contribution in [2.24, 2.45) is 0 Å². The molecule has 0 radical (unpaired) electrons. The van der Waals surface area contributed by atoms with E-state index < -0.39 is 0 Å². The number of aromatic nitrogens is 1. The van der Waals surface area contributed by atoms with Gasteiger partial charge in [-0.1, -0.05) is 12.1 Å². The third kappa shape index (κ3) is 4.61. The summed E-state index contributed by atoms with van der Waals surface area (Å²) in [7, 11) is 0. The van der Waals surface area contributed by atoms with Crippen molar-refractivity contribution in [3.8, 4) is 10.6 Å². The van der Waals surface area contributed by atoms with Crippen molar-refractivity contribution in [3.05, 3.63) is 40.7 Å². The predicted molar refractivity (Wildman–Crippen MR) is 85.5 cm³/mol. The van der Waals surface area contributed by atoms with Crippen molar-refractivity contribution < 1.29 is 13.9 Å². The van der Waals surface area contributed by atoms with Gasteiger partial charge in [0, 0.05) is 30.0 Å². The molecule has 0 atom stereocenters. The lowest BCUT2D eigenvalue weighted by Gasteiger charge is -2.04. The molecule has 2 aromatic rings. The van der Waals surface area contributed by atoms with Gasteiger partial charge in [-0.15, -0.1) is 11.3 Å². The fraction of sp³-hybridized carbons (Fsp3) is 0.375. The lowest BCUT2D eigenvalue weighted by atomic mass is 10.2. The van der Waals surface area contributed by atoms with Crippen LogP contribution < -0.4 is 5.32 Å². The number of thiazole rings is 1. The molecule has 1 N–H and O–H groups in total. The molecule has 1 aromatic heterocycles. The molecule has 0 fully saturated rings. The maximum absolute atomic E-state index is 13.3. The maximum atomic E-state index is 13.3. The van der Waals surface area contributed by atoms with Crippen LogP contribution in [0.3, 0.4) is 0 Å². The number of rotatable bonds is 7. The van der Waals surface area contributed by atoms with Crippen molar-refractivity contribution >= 4 is 17.2 Å². The van der Waals surface area contributed by atoms with Gasteiger partial charge in [-0.05, 0) is 26.0 Å². The van der Waals surface area contributed by atoms with Crippen LogP contribution in [0.5, 0.6) is 0 Å². The number of aryl methyl sites for hydroxylation is 1. The van der Waals surface area contributed by atoms with E-state index >= 15 is 0 Å². The van der Waals surface area contributed by atoms with Gasteiger partial charge < -0.3 is 10.1 Å². The van der Waals surface area contributed by atoms with Crippen LogP contribution >= 0.6 is 11.3 Å². The Bertz CT molecular complexity index is 643. The largest absolute Gasteiger partial charge is 0.372 e. The molecule has 0 aliphatic carbocycles. The Labute approximate surface area is 133 Å². The molecule has 0 aliphatic heterocycles. The minimum absolute atomic E-state index is 0.0900. The molecular formula is C16H19FN2O2S. The van der Waals surface area contributed by atoms with Gasteiger partial charge in [0.2, 0.25) is 5.91 Å². The topological polar surface area (TPSA) is 51.2 Å². The number of hydrogen-bond donors (Lipinski definition) is 1. The number of carbonyl (C=O) groups is 1. The van der Waals surface area contributed by atoms with Crippen molar-refractivity contribution in [2.75, 3.05) is 19.8 Å². The van der Waals surface area contributed by atoms with E-state index in [1.807, 2.05) is 19.9 Å². The van der Waals surface area contributed by atoms with Crippen LogP contribution in [0.1, 0.15) is 17.5 Å². The summed E-state index contributed by atoms with van der Waals surface area (Å²) < 4.78 is 18.3. The van der Waals surface area contributed by atoms with Crippen LogP contribution in [-0.4, -0.2) is 30.6 Å². The van der Waals surface area contributed by atoms with Gasteiger partial charge in [-0.3, -0.25) is 4.79 Å². The van der Waals surface area contributed by atoms with Gasteiger partial charge in [0.05, 0.1) is 5.69 Å². The molecule has 22 heavy (non-hydrogen) atoms. The molecule has 4 nitrogen and oxygen atoms in total. The highest BCUT2D eigenvalue weighted by molar-refractivity contribution is 7.15. The smallest absolute Gasteiger partial charge is 0.246 e. The second kappa shape index (κ2) is 8.00. The molecule has 2 rings (SSSR count). The molecule has 0 bridgehead atoms. The fourth-order valence-electron chi connectivity index (χ4n) is 1.97. The summed E-state index contributed by atoms with van der Waals surface area (Å²) in [6.07, 6.45) is 0.705. The second-order valence-electron chi connectivity index (χ2n) is 4.78. The summed E-state index contributed by atoms with van der Waals surface area (Å²) in [5.74, 6) is -0.385. The van der Waals surface area contributed by atoms with Crippen molar-refractivity contribution in [1.29, 1.82) is 0 Å². The highest BCUT2D eigenvalue weighted by Gasteiger charge is 2.10. The van der Waals surface area contributed by atoms with Gasteiger partial charge in [-0.25, -0.2) is 9.37 Å². The molecule has 0 saturated carbocycles. The van der Waals surface area contributed by atoms with Gasteiger partial charge >= 0.3 is 0 Å². The Balaban J connectivity index is 1.94. The zero-order valence-electron chi connectivity index (χ0n) is 12.7. The average molecular weight is 322 g/mol. The maximum Gasteiger partial charge on any atom is 0.246 e. The van der Waals surface area contributed by atoms with Crippen LogP contribution in [0.25, 0.3) is 10.6 Å². The summed E-state index contributed by atoms with van der Waals surface area (Å²) in [5, 5.41) is 3.61. The summed E-state index contributed by atoms with van der Waals surface area (Å²) in [4.78, 5) is 17.0. The van der Waals surface area contributed by atoms with E-state index in [9.17, 15) is 9.18 Å². The monoisotopic (exact) mass is 322 g/mol. The van der Waals surface area contributed by atoms with Crippen LogP contribution in [0, 0.1) is 12.7 Å². The van der Waals surface area contributed by atoms with E-state index in [1.54, 1.807) is 6.07 Å². The first kappa shape index (κ1) is 16.6. The SMILES string of the molecule is CCOCC(=O)NCCc1sc(-c2cccc(F)c2)nc1C. The third-order valence-electron chi connectivity index (χ3n) is 3.08. The number of hydrogen-bond acceptors (Lipinski definition) is 4. The standard InChI is InChI=1S/C16H19FN2O2S/c1-3-21-10-15(20)18-8-7-14-11(2)19-16(22-14)12-5-4-6-13(17)9-12/h4-6,9H,3,7-8,10H2,1-2H3,(H,18,20). The van der Waals surface area contributed by atoms with Gasteiger partial charge in [0.25, 0.3) is 0 Å². The molecule has 1 amide bonds. The minimum atomic E-state index is -0.268. The van der Waals surface area contributed by atoms with Crippen molar-refractivity contribution in [3.63, 3.8) is 0 Å². The zero-order chi connectivity index (χ0) is 15.9. The molecule has 0 saturated heterocycles. The first-order valence-corrected chi connectivity index (χ1v) is 7.98. The molecule has 6 heteroatoms. The summed E-state index contributed by atoms with van der Waals surface area (Å²) in [6.45, 7) is 4.93. The van der Waals surface area contributed by atoms with Crippen molar-refractivity contribution in [1.82, 2.24) is 10.3 Å². The van der Waals surface area contributed by atoms with Gasteiger partial charge in [-0.2, -0.15) is 0 Å². The Morgan fingerprint density at radius 3 is 3.00 bits per heavy atom. The molecule has 1 aromatic carbocycles. The molecule has 0 spiro atoms. The number of carbonyl (C=O) groups excluding carboxylic acids is 1. The lowest BCUT2D eigenvalue weighted by molar-refractivity contribution is -0.125. The van der Waals surface area contributed by atoms with Crippen LogP contribution in [0.4, 0.5) is 4.39 Å². The van der Waals surface area contributed by atoms with E-state index in [0.29, 0.717) is 19.6 Å². The van der Waals surface area contributed by atoms with E-state index in [2.05, 4.69) is 10.3 Å². The molecular weight excluding hydrogens is 303 g/mol. The Kier molecular flexibility index (Phi) is 6.03. The summed E-state index contributed by atoms with van der Waals surface area (Å²) in [6, 6.07) is 6.41. The third-order valence-corrected chi connectivity index (χ3v) is 4.34. The number of amides is 1. The number of nitrogens with one attached hydrogen (secondary N) is 1. The van der Waals surface area contributed by atoms with Gasteiger partial charge in [0.15, 0.2) is 0 Å². The lowest BCUT2D eigenvalue weighted by Crippen LogP contribution is -2.29. The number of ether oxygens (including phenoxy) is 1. The second-order valence-corrected chi connectivity index (χ2v) is 5.86.